The zero-order valence-corrected chi connectivity index (χ0v) is 9.82. The third kappa shape index (κ3) is 3.86. The van der Waals surface area contributed by atoms with E-state index in [1.165, 1.54) is 38.8 Å². The Morgan fingerprint density at radius 2 is 2.12 bits per heavy atom. The van der Waals surface area contributed by atoms with Crippen LogP contribution >= 0.6 is 0 Å². The minimum atomic E-state index is 0.848. The third-order valence-corrected chi connectivity index (χ3v) is 3.17. The number of nitrogens with one attached hydrogen (secondary N) is 1. The second-order valence-corrected chi connectivity index (χ2v) is 4.52. The van der Waals surface area contributed by atoms with E-state index in [2.05, 4.69) is 5.32 Å². The van der Waals surface area contributed by atoms with Gasteiger partial charge in [0.2, 0.25) is 0 Å². The quantitative estimate of drug-likeness (QED) is 0.769. The van der Waals surface area contributed by atoms with Crippen molar-refractivity contribution in [3.8, 4) is 5.75 Å². The monoisotopic (exact) mass is 219 g/mol. The molecule has 2 heteroatoms. The first-order valence-corrected chi connectivity index (χ1v) is 6.34. The summed E-state index contributed by atoms with van der Waals surface area (Å²) in [5, 5.41) is 3.45. The van der Waals surface area contributed by atoms with E-state index in [1.54, 1.807) is 0 Å². The molecule has 1 aliphatic heterocycles. The lowest BCUT2D eigenvalue weighted by molar-refractivity contribution is 0.275. The van der Waals surface area contributed by atoms with Gasteiger partial charge >= 0.3 is 0 Å². The molecule has 0 bridgehead atoms. The van der Waals surface area contributed by atoms with E-state index < -0.39 is 0 Å². The molecular weight excluding hydrogens is 198 g/mol. The lowest BCUT2D eigenvalue weighted by Crippen LogP contribution is -2.29. The Kier molecular flexibility index (Phi) is 4.69. The summed E-state index contributed by atoms with van der Waals surface area (Å²) in [5.41, 5.74) is 0. The highest BCUT2D eigenvalue weighted by Crippen LogP contribution is 2.16. The molecule has 1 atom stereocenters. The highest BCUT2D eigenvalue weighted by atomic mass is 16.5. The molecule has 0 aliphatic carbocycles. The number of rotatable bonds is 5. The fourth-order valence-corrected chi connectivity index (χ4v) is 2.25. The van der Waals surface area contributed by atoms with E-state index in [9.17, 15) is 0 Å². The van der Waals surface area contributed by atoms with Gasteiger partial charge in [-0.15, -0.1) is 0 Å². The first kappa shape index (κ1) is 11.5. The lowest BCUT2D eigenvalue weighted by Gasteiger charge is -2.22. The van der Waals surface area contributed by atoms with Crippen LogP contribution in [0.2, 0.25) is 0 Å². The molecular formula is C14H21NO. The maximum absolute atomic E-state index is 5.68. The fraction of sp³-hybridized carbons (Fsp3) is 0.571. The molecule has 0 spiro atoms. The molecule has 1 aromatic rings. The average Bonchev–Trinajstić information content (AvgIpc) is 2.37. The topological polar surface area (TPSA) is 21.3 Å². The molecule has 1 N–H and O–H groups in total. The summed E-state index contributed by atoms with van der Waals surface area (Å²) in [4.78, 5) is 0. The highest BCUT2D eigenvalue weighted by Gasteiger charge is 2.11. The molecule has 2 nitrogen and oxygen atoms in total. The van der Waals surface area contributed by atoms with Crippen molar-refractivity contribution in [1.82, 2.24) is 5.32 Å². The average molecular weight is 219 g/mol. The predicted octanol–water partition coefficient (Wildman–Crippen LogP) is 2.85. The van der Waals surface area contributed by atoms with Crippen LogP contribution in [-0.4, -0.2) is 19.7 Å². The van der Waals surface area contributed by atoms with Crippen LogP contribution in [-0.2, 0) is 0 Å². The summed E-state index contributed by atoms with van der Waals surface area (Å²) < 4.78 is 5.68. The predicted molar refractivity (Wildman–Crippen MR) is 66.8 cm³/mol. The van der Waals surface area contributed by atoms with Crippen LogP contribution in [0.1, 0.15) is 25.7 Å². The molecule has 1 aliphatic rings. The maximum Gasteiger partial charge on any atom is 0.119 e. The van der Waals surface area contributed by atoms with Gasteiger partial charge in [0.15, 0.2) is 0 Å². The molecule has 0 aromatic heterocycles. The normalized spacial score (nSPS) is 20.6. The summed E-state index contributed by atoms with van der Waals surface area (Å²) in [6, 6.07) is 10.1. The van der Waals surface area contributed by atoms with Gasteiger partial charge in [0.1, 0.15) is 5.75 Å². The number of para-hydroxylation sites is 1. The Hall–Kier alpha value is -1.02. The van der Waals surface area contributed by atoms with Gasteiger partial charge in [0.05, 0.1) is 6.61 Å². The Bertz CT molecular complexity index is 280. The van der Waals surface area contributed by atoms with Gasteiger partial charge in [-0.2, -0.15) is 0 Å². The molecule has 16 heavy (non-hydrogen) atoms. The first-order valence-electron chi connectivity index (χ1n) is 6.34. The van der Waals surface area contributed by atoms with Gasteiger partial charge in [0.25, 0.3) is 0 Å². The van der Waals surface area contributed by atoms with Gasteiger partial charge in [-0.05, 0) is 56.8 Å². The number of ether oxygens (including phenoxy) is 1. The van der Waals surface area contributed by atoms with Crippen LogP contribution in [0, 0.1) is 5.92 Å². The van der Waals surface area contributed by atoms with Crippen LogP contribution in [0.4, 0.5) is 0 Å². The van der Waals surface area contributed by atoms with Crippen LogP contribution in [0.15, 0.2) is 30.3 Å². The largest absolute Gasteiger partial charge is 0.494 e. The lowest BCUT2D eigenvalue weighted by atomic mass is 9.95. The standard InChI is InChI=1S/C14H21NO/c1-2-8-14(9-3-1)16-11-5-7-13-6-4-10-15-12-13/h1-3,8-9,13,15H,4-7,10-12H2/t13-/m1/s1. The van der Waals surface area contributed by atoms with Gasteiger partial charge in [0, 0.05) is 0 Å². The van der Waals surface area contributed by atoms with Crippen molar-refractivity contribution in [3.63, 3.8) is 0 Å². The van der Waals surface area contributed by atoms with Gasteiger partial charge in [-0.25, -0.2) is 0 Å². The van der Waals surface area contributed by atoms with Crippen LogP contribution < -0.4 is 10.1 Å². The molecule has 88 valence electrons. The van der Waals surface area contributed by atoms with Crippen LogP contribution in [0.5, 0.6) is 5.75 Å². The minimum absolute atomic E-state index is 0.848. The fourth-order valence-electron chi connectivity index (χ4n) is 2.25. The summed E-state index contributed by atoms with van der Waals surface area (Å²) >= 11 is 0. The third-order valence-electron chi connectivity index (χ3n) is 3.17. The number of piperidine rings is 1. The SMILES string of the molecule is c1ccc(OCCC[C@H]2CCCNC2)cc1. The number of hydrogen-bond acceptors (Lipinski definition) is 2. The van der Waals surface area contributed by atoms with E-state index in [0.29, 0.717) is 0 Å². The number of hydrogen-bond donors (Lipinski definition) is 1. The van der Waals surface area contributed by atoms with Gasteiger partial charge in [-0.3, -0.25) is 0 Å². The minimum Gasteiger partial charge on any atom is -0.494 e. The zero-order valence-electron chi connectivity index (χ0n) is 9.82. The molecule has 2 rings (SSSR count). The van der Waals surface area contributed by atoms with E-state index >= 15 is 0 Å². The molecule has 1 fully saturated rings. The van der Waals surface area contributed by atoms with Crippen LogP contribution in [0.3, 0.4) is 0 Å². The second-order valence-electron chi connectivity index (χ2n) is 4.52. The van der Waals surface area contributed by atoms with Gasteiger partial charge in [-0.1, -0.05) is 18.2 Å². The summed E-state index contributed by atoms with van der Waals surface area (Å²) in [6.07, 6.45) is 5.18. The molecule has 0 amide bonds. The van der Waals surface area contributed by atoms with Crippen molar-refractivity contribution >= 4 is 0 Å². The second kappa shape index (κ2) is 6.54. The Morgan fingerprint density at radius 1 is 1.25 bits per heavy atom. The van der Waals surface area contributed by atoms with Crippen molar-refractivity contribution in [2.45, 2.75) is 25.7 Å². The van der Waals surface area contributed by atoms with E-state index in [0.717, 1.165) is 18.3 Å². The smallest absolute Gasteiger partial charge is 0.119 e. The van der Waals surface area contributed by atoms with Gasteiger partial charge < -0.3 is 10.1 Å². The van der Waals surface area contributed by atoms with E-state index in [-0.39, 0.29) is 0 Å². The summed E-state index contributed by atoms with van der Waals surface area (Å²) in [7, 11) is 0. The molecule has 1 saturated heterocycles. The summed E-state index contributed by atoms with van der Waals surface area (Å²) in [5.74, 6) is 1.86. The van der Waals surface area contributed by atoms with Crippen molar-refractivity contribution in [1.29, 1.82) is 0 Å². The number of benzene rings is 1. The highest BCUT2D eigenvalue weighted by molar-refractivity contribution is 5.20. The van der Waals surface area contributed by atoms with Crippen LogP contribution in [0.25, 0.3) is 0 Å². The molecule has 1 heterocycles. The molecule has 0 unspecified atom stereocenters. The molecule has 0 saturated carbocycles. The zero-order chi connectivity index (χ0) is 11.1. The Morgan fingerprint density at radius 3 is 2.88 bits per heavy atom. The maximum atomic E-state index is 5.68. The van der Waals surface area contributed by atoms with Crippen molar-refractivity contribution in [2.75, 3.05) is 19.7 Å². The first-order chi connectivity index (χ1) is 7.95. The van der Waals surface area contributed by atoms with Crippen molar-refractivity contribution in [2.24, 2.45) is 5.92 Å². The van der Waals surface area contributed by atoms with Crippen molar-refractivity contribution < 1.29 is 4.74 Å². The van der Waals surface area contributed by atoms with E-state index in [1.807, 2.05) is 30.3 Å². The Labute approximate surface area is 98.0 Å². The molecule has 0 radical (unpaired) electrons. The molecule has 1 aromatic carbocycles. The summed E-state index contributed by atoms with van der Waals surface area (Å²) in [6.45, 7) is 3.25. The van der Waals surface area contributed by atoms with E-state index in [4.69, 9.17) is 4.74 Å². The van der Waals surface area contributed by atoms with Crippen molar-refractivity contribution in [3.05, 3.63) is 30.3 Å². The Balaban J connectivity index is 1.58.